The van der Waals surface area contributed by atoms with Gasteiger partial charge < -0.3 is 9.84 Å². The lowest BCUT2D eigenvalue weighted by molar-refractivity contribution is 0.126. The average Bonchev–Trinajstić information content (AvgIpc) is 3.45. The van der Waals surface area contributed by atoms with Gasteiger partial charge in [0.05, 0.1) is 11.8 Å². The quantitative estimate of drug-likeness (QED) is 0.598. The highest BCUT2D eigenvalue weighted by atomic mass is 32.2. The molecule has 1 fully saturated rings. The molecule has 0 unspecified atom stereocenters. The molecule has 0 bridgehead atoms. The van der Waals surface area contributed by atoms with E-state index in [1.807, 2.05) is 66.2 Å². The third kappa shape index (κ3) is 4.70. The van der Waals surface area contributed by atoms with Crippen molar-refractivity contribution in [2.75, 3.05) is 12.4 Å². The second kappa shape index (κ2) is 8.15. The monoisotopic (exact) mass is 381 g/mol. The fraction of sp³-hybridized carbons (Fsp3) is 0.333. The van der Waals surface area contributed by atoms with Crippen molar-refractivity contribution < 1.29 is 9.84 Å². The molecule has 0 saturated heterocycles. The van der Waals surface area contributed by atoms with Crippen LogP contribution in [0.5, 0.6) is 5.75 Å². The number of aryl methyl sites for hydroxylation is 1. The third-order valence-electron chi connectivity index (χ3n) is 4.39. The van der Waals surface area contributed by atoms with E-state index in [-0.39, 0.29) is 6.61 Å². The van der Waals surface area contributed by atoms with E-state index in [0.717, 1.165) is 22.8 Å². The van der Waals surface area contributed by atoms with Crippen LogP contribution in [0.4, 0.5) is 0 Å². The zero-order valence-electron chi connectivity index (χ0n) is 15.3. The van der Waals surface area contributed by atoms with Crippen molar-refractivity contribution >= 4 is 11.8 Å². The molecule has 1 N–H and O–H groups in total. The van der Waals surface area contributed by atoms with Crippen molar-refractivity contribution in [3.8, 4) is 11.4 Å². The number of nitrogens with zero attached hydrogens (tertiary/aromatic N) is 3. The Labute approximate surface area is 163 Å². The second-order valence-corrected chi connectivity index (χ2v) is 7.85. The van der Waals surface area contributed by atoms with Crippen molar-refractivity contribution in [3.05, 3.63) is 66.0 Å². The van der Waals surface area contributed by atoms with Gasteiger partial charge in [-0.25, -0.2) is 9.67 Å². The predicted octanol–water partition coefficient (Wildman–Crippen LogP) is 3.99. The predicted molar refractivity (Wildman–Crippen MR) is 107 cm³/mol. The summed E-state index contributed by atoms with van der Waals surface area (Å²) in [5.74, 6) is 2.80. The summed E-state index contributed by atoms with van der Waals surface area (Å²) >= 11 is 1.47. The number of benzene rings is 2. The molecule has 1 aliphatic rings. The Bertz CT molecular complexity index is 893. The van der Waals surface area contributed by atoms with Crippen LogP contribution >= 0.6 is 11.8 Å². The SMILES string of the molecule is Cc1cccc(OC[C@@H](O)CSc2nc(C3CC3)n(-c3ccccc3)n2)c1. The standard InChI is InChI=1S/C21H23N3O2S/c1-15-6-5-9-19(12-15)26-13-18(25)14-27-21-22-20(16-10-11-16)24(23-21)17-7-3-2-4-8-17/h2-9,12,16,18,25H,10-11,13-14H2,1H3/t18-/m1/s1. The third-order valence-corrected chi connectivity index (χ3v) is 5.38. The summed E-state index contributed by atoms with van der Waals surface area (Å²) in [6.07, 6.45) is 1.76. The molecule has 1 saturated carbocycles. The molecule has 1 aliphatic carbocycles. The van der Waals surface area contributed by atoms with Gasteiger partial charge >= 0.3 is 0 Å². The molecule has 0 aliphatic heterocycles. The van der Waals surface area contributed by atoms with Gasteiger partial charge in [0.15, 0.2) is 0 Å². The molecule has 3 aromatic rings. The highest BCUT2D eigenvalue weighted by molar-refractivity contribution is 7.99. The Morgan fingerprint density at radius 3 is 2.74 bits per heavy atom. The van der Waals surface area contributed by atoms with Crippen LogP contribution in [0.1, 0.15) is 30.1 Å². The topological polar surface area (TPSA) is 60.2 Å². The fourth-order valence-electron chi connectivity index (χ4n) is 2.85. The molecule has 2 aromatic carbocycles. The van der Waals surface area contributed by atoms with E-state index in [1.165, 1.54) is 24.6 Å². The van der Waals surface area contributed by atoms with Gasteiger partial charge in [0.2, 0.25) is 5.16 Å². The fourth-order valence-corrected chi connectivity index (χ4v) is 3.58. The van der Waals surface area contributed by atoms with Crippen molar-refractivity contribution in [2.24, 2.45) is 0 Å². The van der Waals surface area contributed by atoms with Gasteiger partial charge in [-0.1, -0.05) is 42.1 Å². The molecule has 0 amide bonds. The molecular formula is C21H23N3O2S. The summed E-state index contributed by atoms with van der Waals surface area (Å²) in [7, 11) is 0. The van der Waals surface area contributed by atoms with Gasteiger partial charge in [-0.15, -0.1) is 5.10 Å². The largest absolute Gasteiger partial charge is 0.491 e. The maximum Gasteiger partial charge on any atom is 0.209 e. The van der Waals surface area contributed by atoms with Gasteiger partial charge in [0.25, 0.3) is 0 Å². The van der Waals surface area contributed by atoms with Gasteiger partial charge in [-0.2, -0.15) is 0 Å². The van der Waals surface area contributed by atoms with Crippen molar-refractivity contribution in [1.29, 1.82) is 0 Å². The lowest BCUT2D eigenvalue weighted by Gasteiger charge is -2.11. The Morgan fingerprint density at radius 2 is 2.00 bits per heavy atom. The Hall–Kier alpha value is -2.31. The van der Waals surface area contributed by atoms with E-state index in [2.05, 4.69) is 5.10 Å². The average molecular weight is 382 g/mol. The number of hydrogen-bond acceptors (Lipinski definition) is 5. The number of thioether (sulfide) groups is 1. The minimum atomic E-state index is -0.580. The lowest BCUT2D eigenvalue weighted by atomic mass is 10.2. The summed E-state index contributed by atoms with van der Waals surface area (Å²) in [5, 5.41) is 15.6. The van der Waals surface area contributed by atoms with E-state index < -0.39 is 6.10 Å². The van der Waals surface area contributed by atoms with Gasteiger partial charge in [-0.05, 0) is 49.6 Å². The van der Waals surface area contributed by atoms with E-state index in [0.29, 0.717) is 16.8 Å². The van der Waals surface area contributed by atoms with E-state index in [4.69, 9.17) is 9.72 Å². The number of aromatic nitrogens is 3. The van der Waals surface area contributed by atoms with Crippen molar-refractivity contribution in [2.45, 2.75) is 36.9 Å². The number of aliphatic hydroxyl groups is 1. The first kappa shape index (κ1) is 18.1. The molecule has 0 spiro atoms. The normalized spacial score (nSPS) is 14.9. The Kier molecular flexibility index (Phi) is 5.45. The van der Waals surface area contributed by atoms with Crippen LogP contribution < -0.4 is 4.74 Å². The molecular weight excluding hydrogens is 358 g/mol. The molecule has 140 valence electrons. The molecule has 27 heavy (non-hydrogen) atoms. The number of ether oxygens (including phenoxy) is 1. The summed E-state index contributed by atoms with van der Waals surface area (Å²) in [6.45, 7) is 2.27. The second-order valence-electron chi connectivity index (χ2n) is 6.87. The Balaban J connectivity index is 1.37. The van der Waals surface area contributed by atoms with Crippen LogP contribution in [0.2, 0.25) is 0 Å². The maximum atomic E-state index is 10.2. The van der Waals surface area contributed by atoms with Crippen LogP contribution in [0.15, 0.2) is 59.8 Å². The van der Waals surface area contributed by atoms with Gasteiger partial charge in [-0.3, -0.25) is 0 Å². The maximum absolute atomic E-state index is 10.2. The number of aliphatic hydroxyl groups excluding tert-OH is 1. The first-order chi connectivity index (χ1) is 13.2. The Morgan fingerprint density at radius 1 is 1.19 bits per heavy atom. The minimum Gasteiger partial charge on any atom is -0.491 e. The lowest BCUT2D eigenvalue weighted by Crippen LogP contribution is -2.20. The van der Waals surface area contributed by atoms with Gasteiger partial charge in [0.1, 0.15) is 18.2 Å². The molecule has 1 heterocycles. The summed E-state index contributed by atoms with van der Waals surface area (Å²) in [6, 6.07) is 17.9. The summed E-state index contributed by atoms with van der Waals surface area (Å²) in [4.78, 5) is 4.71. The van der Waals surface area contributed by atoms with Crippen LogP contribution in [0.25, 0.3) is 5.69 Å². The van der Waals surface area contributed by atoms with E-state index >= 15 is 0 Å². The first-order valence-corrected chi connectivity index (χ1v) is 10.2. The smallest absolute Gasteiger partial charge is 0.209 e. The van der Waals surface area contributed by atoms with Crippen LogP contribution in [0, 0.1) is 6.92 Å². The molecule has 5 nitrogen and oxygen atoms in total. The zero-order chi connectivity index (χ0) is 18.6. The minimum absolute atomic E-state index is 0.255. The van der Waals surface area contributed by atoms with Crippen LogP contribution in [0.3, 0.4) is 0 Å². The molecule has 6 heteroatoms. The summed E-state index contributed by atoms with van der Waals surface area (Å²) in [5.41, 5.74) is 2.17. The highest BCUT2D eigenvalue weighted by Crippen LogP contribution is 2.40. The highest BCUT2D eigenvalue weighted by Gasteiger charge is 2.30. The number of para-hydroxylation sites is 1. The zero-order valence-corrected chi connectivity index (χ0v) is 16.1. The molecule has 4 rings (SSSR count). The van der Waals surface area contributed by atoms with E-state index in [9.17, 15) is 5.11 Å². The van der Waals surface area contributed by atoms with Gasteiger partial charge in [0, 0.05) is 11.7 Å². The number of rotatable bonds is 8. The number of hydrogen-bond donors (Lipinski definition) is 1. The first-order valence-electron chi connectivity index (χ1n) is 9.22. The van der Waals surface area contributed by atoms with E-state index in [1.54, 1.807) is 0 Å². The molecule has 1 atom stereocenters. The van der Waals surface area contributed by atoms with Crippen LogP contribution in [-0.4, -0.2) is 38.3 Å². The molecule has 0 radical (unpaired) electrons. The van der Waals surface area contributed by atoms with Crippen molar-refractivity contribution in [3.63, 3.8) is 0 Å². The van der Waals surface area contributed by atoms with Crippen LogP contribution in [-0.2, 0) is 0 Å². The molecule has 1 aromatic heterocycles. The summed E-state index contributed by atoms with van der Waals surface area (Å²) < 4.78 is 7.61. The van der Waals surface area contributed by atoms with Crippen molar-refractivity contribution in [1.82, 2.24) is 14.8 Å².